The summed E-state index contributed by atoms with van der Waals surface area (Å²) in [5.74, 6) is 0.0181. The van der Waals surface area contributed by atoms with Gasteiger partial charge in [-0.3, -0.25) is 9.78 Å². The summed E-state index contributed by atoms with van der Waals surface area (Å²) in [5, 5.41) is 8.63. The highest BCUT2D eigenvalue weighted by molar-refractivity contribution is 5.75. The van der Waals surface area contributed by atoms with E-state index in [1.807, 2.05) is 17.6 Å². The smallest absolute Gasteiger partial charge is 0.305 e. The predicted octanol–water partition coefficient (Wildman–Crippen LogP) is 1.21. The van der Waals surface area contributed by atoms with Gasteiger partial charge >= 0.3 is 5.97 Å². The van der Waals surface area contributed by atoms with Gasteiger partial charge in [-0.2, -0.15) is 0 Å². The van der Waals surface area contributed by atoms with Crippen molar-refractivity contribution in [3.05, 3.63) is 24.3 Å². The van der Waals surface area contributed by atoms with Crippen LogP contribution in [0.3, 0.4) is 0 Å². The Morgan fingerprint density at radius 3 is 3.13 bits per heavy atom. The zero-order valence-electron chi connectivity index (χ0n) is 8.34. The molecule has 0 radical (unpaired) electrons. The lowest BCUT2D eigenvalue weighted by atomic mass is 10.3. The molecule has 0 saturated carbocycles. The molecule has 0 unspecified atom stereocenters. The SMILES string of the molecule is Cc1nc2cnccc2n1CCC(=O)O. The van der Waals surface area contributed by atoms with Gasteiger partial charge in [0.25, 0.3) is 0 Å². The molecule has 78 valence electrons. The van der Waals surface area contributed by atoms with Gasteiger partial charge in [0, 0.05) is 12.7 Å². The topological polar surface area (TPSA) is 68.0 Å². The normalized spacial score (nSPS) is 10.7. The number of aromatic nitrogens is 3. The second-order valence-corrected chi connectivity index (χ2v) is 3.32. The van der Waals surface area contributed by atoms with Crippen molar-refractivity contribution in [3.63, 3.8) is 0 Å². The van der Waals surface area contributed by atoms with E-state index in [0.29, 0.717) is 6.54 Å². The van der Waals surface area contributed by atoms with Crippen molar-refractivity contribution in [1.82, 2.24) is 14.5 Å². The zero-order valence-corrected chi connectivity index (χ0v) is 8.34. The van der Waals surface area contributed by atoms with Crippen LogP contribution in [0.25, 0.3) is 11.0 Å². The van der Waals surface area contributed by atoms with Crippen LogP contribution in [0.4, 0.5) is 0 Å². The Hall–Kier alpha value is -1.91. The second kappa shape index (κ2) is 3.68. The van der Waals surface area contributed by atoms with Crippen molar-refractivity contribution < 1.29 is 9.90 Å². The summed E-state index contributed by atoms with van der Waals surface area (Å²) in [6, 6.07) is 1.84. The molecule has 0 amide bonds. The fraction of sp³-hybridized carbons (Fsp3) is 0.300. The van der Waals surface area contributed by atoms with Gasteiger partial charge in [-0.1, -0.05) is 0 Å². The van der Waals surface area contributed by atoms with Gasteiger partial charge in [0.15, 0.2) is 0 Å². The molecule has 5 nitrogen and oxygen atoms in total. The van der Waals surface area contributed by atoms with Crippen LogP contribution in [0, 0.1) is 6.92 Å². The van der Waals surface area contributed by atoms with Crippen LogP contribution < -0.4 is 0 Å². The van der Waals surface area contributed by atoms with Gasteiger partial charge in [0.1, 0.15) is 11.3 Å². The maximum atomic E-state index is 10.5. The molecule has 2 rings (SSSR count). The van der Waals surface area contributed by atoms with E-state index in [4.69, 9.17) is 5.11 Å². The van der Waals surface area contributed by atoms with Crippen LogP contribution in [0.5, 0.6) is 0 Å². The first-order valence-corrected chi connectivity index (χ1v) is 4.67. The second-order valence-electron chi connectivity index (χ2n) is 3.32. The number of rotatable bonds is 3. The number of carbonyl (C=O) groups is 1. The van der Waals surface area contributed by atoms with Gasteiger partial charge in [-0.25, -0.2) is 4.98 Å². The number of carboxylic acid groups (broad SMARTS) is 1. The molecular formula is C10H11N3O2. The predicted molar refractivity (Wildman–Crippen MR) is 54.5 cm³/mol. The quantitative estimate of drug-likeness (QED) is 0.817. The number of carboxylic acids is 1. The highest BCUT2D eigenvalue weighted by atomic mass is 16.4. The lowest BCUT2D eigenvalue weighted by Crippen LogP contribution is -2.05. The Morgan fingerprint density at radius 2 is 2.40 bits per heavy atom. The van der Waals surface area contributed by atoms with E-state index in [0.717, 1.165) is 16.9 Å². The zero-order chi connectivity index (χ0) is 10.8. The highest BCUT2D eigenvalue weighted by Gasteiger charge is 2.07. The molecule has 2 aromatic heterocycles. The van der Waals surface area contributed by atoms with Crippen molar-refractivity contribution in [2.75, 3.05) is 0 Å². The molecule has 1 N–H and O–H groups in total. The third-order valence-corrected chi connectivity index (χ3v) is 2.29. The van der Waals surface area contributed by atoms with Crippen LogP contribution in [0.15, 0.2) is 18.5 Å². The maximum Gasteiger partial charge on any atom is 0.305 e. The average Bonchev–Trinajstić information content (AvgIpc) is 2.50. The molecule has 0 aromatic carbocycles. The molecule has 5 heteroatoms. The first-order valence-electron chi connectivity index (χ1n) is 4.67. The lowest BCUT2D eigenvalue weighted by Gasteiger charge is -2.03. The minimum Gasteiger partial charge on any atom is -0.481 e. The minimum absolute atomic E-state index is 0.106. The number of aliphatic carboxylic acids is 1. The van der Waals surface area contributed by atoms with Crippen LogP contribution in [0.2, 0.25) is 0 Å². The lowest BCUT2D eigenvalue weighted by molar-refractivity contribution is -0.137. The number of fused-ring (bicyclic) bond motifs is 1. The molecule has 0 fully saturated rings. The Balaban J connectivity index is 2.40. The van der Waals surface area contributed by atoms with Crippen molar-refractivity contribution in [2.24, 2.45) is 0 Å². The van der Waals surface area contributed by atoms with Gasteiger partial charge in [0.2, 0.25) is 0 Å². The standard InChI is InChI=1S/C10H11N3O2/c1-7-12-8-6-11-4-2-9(8)13(7)5-3-10(14)15/h2,4,6H,3,5H2,1H3,(H,14,15). The summed E-state index contributed by atoms with van der Waals surface area (Å²) in [4.78, 5) is 18.8. The molecule has 0 spiro atoms. The summed E-state index contributed by atoms with van der Waals surface area (Å²) >= 11 is 0. The van der Waals surface area contributed by atoms with E-state index in [9.17, 15) is 4.79 Å². The molecule has 0 bridgehead atoms. The molecule has 15 heavy (non-hydrogen) atoms. The summed E-state index contributed by atoms with van der Waals surface area (Å²) in [5.41, 5.74) is 1.74. The molecule has 0 atom stereocenters. The molecule has 2 heterocycles. The van der Waals surface area contributed by atoms with Crippen LogP contribution >= 0.6 is 0 Å². The van der Waals surface area contributed by atoms with Gasteiger partial charge in [-0.05, 0) is 13.0 Å². The Kier molecular flexibility index (Phi) is 2.37. The molecule has 0 saturated heterocycles. The molecular weight excluding hydrogens is 194 g/mol. The Labute approximate surface area is 86.4 Å². The van der Waals surface area contributed by atoms with Gasteiger partial charge in [0.05, 0.1) is 18.1 Å². The van der Waals surface area contributed by atoms with E-state index in [1.54, 1.807) is 12.4 Å². The summed E-state index contributed by atoms with van der Waals surface area (Å²) in [6.45, 7) is 2.31. The number of hydrogen-bond acceptors (Lipinski definition) is 3. The number of aryl methyl sites for hydroxylation is 2. The summed E-state index contributed by atoms with van der Waals surface area (Å²) in [7, 11) is 0. The van der Waals surface area contributed by atoms with E-state index < -0.39 is 5.97 Å². The number of nitrogens with zero attached hydrogens (tertiary/aromatic N) is 3. The van der Waals surface area contributed by atoms with Gasteiger partial charge in [-0.15, -0.1) is 0 Å². The largest absolute Gasteiger partial charge is 0.481 e. The molecule has 0 aliphatic carbocycles. The van der Waals surface area contributed by atoms with E-state index in [1.165, 1.54) is 0 Å². The van der Waals surface area contributed by atoms with Crippen molar-refractivity contribution in [2.45, 2.75) is 19.9 Å². The minimum atomic E-state index is -0.801. The van der Waals surface area contributed by atoms with Gasteiger partial charge < -0.3 is 9.67 Å². The van der Waals surface area contributed by atoms with Crippen molar-refractivity contribution >= 4 is 17.0 Å². The van der Waals surface area contributed by atoms with E-state index in [-0.39, 0.29) is 6.42 Å². The van der Waals surface area contributed by atoms with Crippen LogP contribution in [0.1, 0.15) is 12.2 Å². The first-order chi connectivity index (χ1) is 7.18. The molecule has 0 aliphatic heterocycles. The van der Waals surface area contributed by atoms with E-state index >= 15 is 0 Å². The van der Waals surface area contributed by atoms with Crippen LogP contribution in [-0.2, 0) is 11.3 Å². The number of pyridine rings is 1. The maximum absolute atomic E-state index is 10.5. The average molecular weight is 205 g/mol. The third kappa shape index (κ3) is 1.81. The Morgan fingerprint density at radius 1 is 1.60 bits per heavy atom. The number of hydrogen-bond donors (Lipinski definition) is 1. The monoisotopic (exact) mass is 205 g/mol. The fourth-order valence-electron chi connectivity index (χ4n) is 1.59. The third-order valence-electron chi connectivity index (χ3n) is 2.29. The van der Waals surface area contributed by atoms with Crippen LogP contribution in [-0.4, -0.2) is 25.6 Å². The molecule has 0 aliphatic rings. The Bertz CT molecular complexity index is 504. The first kappa shape index (κ1) is 9.64. The summed E-state index contributed by atoms with van der Waals surface area (Å²) < 4.78 is 1.89. The number of imidazole rings is 1. The van der Waals surface area contributed by atoms with Crippen molar-refractivity contribution in [1.29, 1.82) is 0 Å². The highest BCUT2D eigenvalue weighted by Crippen LogP contribution is 2.14. The van der Waals surface area contributed by atoms with Crippen molar-refractivity contribution in [3.8, 4) is 0 Å². The van der Waals surface area contributed by atoms with E-state index in [2.05, 4.69) is 9.97 Å². The molecule has 2 aromatic rings. The summed E-state index contributed by atoms with van der Waals surface area (Å²) in [6.07, 6.45) is 3.47. The fourth-order valence-corrected chi connectivity index (χ4v) is 1.59.